The van der Waals surface area contributed by atoms with Crippen LogP contribution in [0.15, 0.2) is 0 Å². The first-order valence-corrected chi connectivity index (χ1v) is 4.84. The van der Waals surface area contributed by atoms with Crippen molar-refractivity contribution < 1.29 is 9.59 Å². The highest BCUT2D eigenvalue weighted by atomic mass is 16.2. The number of nitrogens with two attached hydrogens (primary N) is 2. The number of likely N-dealkylation sites (tertiary alicyclic amines) is 1. The Hall–Kier alpha value is -0.940. The van der Waals surface area contributed by atoms with Crippen molar-refractivity contribution in [3.63, 3.8) is 0 Å². The average Bonchev–Trinajstić information content (AvgIpc) is 2.30. The van der Waals surface area contributed by atoms with Gasteiger partial charge in [-0.05, 0) is 12.8 Å². The highest BCUT2D eigenvalue weighted by Crippen LogP contribution is 2.40. The first-order chi connectivity index (χ1) is 6.43. The van der Waals surface area contributed by atoms with Crippen LogP contribution < -0.4 is 11.5 Å². The van der Waals surface area contributed by atoms with E-state index in [1.807, 2.05) is 0 Å². The van der Waals surface area contributed by atoms with Gasteiger partial charge in [0.1, 0.15) is 11.1 Å². The van der Waals surface area contributed by atoms with Crippen molar-refractivity contribution in [3.8, 4) is 0 Å². The number of amides is 2. The van der Waals surface area contributed by atoms with E-state index < -0.39 is 11.1 Å². The van der Waals surface area contributed by atoms with Gasteiger partial charge in [0.25, 0.3) is 11.8 Å². The maximum Gasteiger partial charge on any atom is 0.251 e. The van der Waals surface area contributed by atoms with E-state index in [0.29, 0.717) is 12.8 Å². The molecule has 0 spiro atoms. The zero-order chi connectivity index (χ0) is 10.6. The molecule has 1 heterocycles. The van der Waals surface area contributed by atoms with Gasteiger partial charge >= 0.3 is 0 Å². The van der Waals surface area contributed by atoms with E-state index >= 15 is 0 Å². The van der Waals surface area contributed by atoms with Crippen LogP contribution in [-0.2, 0) is 9.59 Å². The summed E-state index contributed by atoms with van der Waals surface area (Å²) in [6.07, 6.45) is 2.75. The molecule has 0 bridgehead atoms. The standard InChI is InChI=1S/C9H15N3O2/c1-12-6(13)8(10)4-2-3-5-9(8,11)7(12)14/h2-5,10-11H2,1H3/t8-,9+. The minimum Gasteiger partial charge on any atom is -0.315 e. The Morgan fingerprint density at radius 2 is 1.43 bits per heavy atom. The third-order valence-corrected chi connectivity index (χ3v) is 3.56. The molecule has 1 saturated heterocycles. The quantitative estimate of drug-likeness (QED) is 0.485. The van der Waals surface area contributed by atoms with Crippen molar-refractivity contribution in [2.75, 3.05) is 7.05 Å². The average molecular weight is 197 g/mol. The molecule has 0 radical (unpaired) electrons. The molecule has 4 N–H and O–H groups in total. The van der Waals surface area contributed by atoms with Crippen LogP contribution in [-0.4, -0.2) is 34.8 Å². The first kappa shape index (κ1) is 9.61. The normalized spacial score (nSPS) is 42.9. The Kier molecular flexibility index (Phi) is 1.75. The Morgan fingerprint density at radius 3 is 1.79 bits per heavy atom. The monoisotopic (exact) mass is 197 g/mol. The number of carbonyl (C=O) groups excluding carboxylic acids is 2. The van der Waals surface area contributed by atoms with E-state index in [1.165, 1.54) is 7.05 Å². The summed E-state index contributed by atoms with van der Waals surface area (Å²) in [5, 5.41) is 0. The number of rotatable bonds is 0. The molecule has 14 heavy (non-hydrogen) atoms. The van der Waals surface area contributed by atoms with E-state index in [0.717, 1.165) is 17.7 Å². The van der Waals surface area contributed by atoms with Crippen LogP contribution in [0.4, 0.5) is 0 Å². The van der Waals surface area contributed by atoms with Crippen molar-refractivity contribution in [1.29, 1.82) is 0 Å². The molecule has 5 nitrogen and oxygen atoms in total. The largest absolute Gasteiger partial charge is 0.315 e. The Bertz CT molecular complexity index is 287. The maximum atomic E-state index is 11.8. The third-order valence-electron chi connectivity index (χ3n) is 3.56. The number of hydrogen-bond acceptors (Lipinski definition) is 4. The minimum atomic E-state index is -1.16. The number of hydrogen-bond donors (Lipinski definition) is 2. The van der Waals surface area contributed by atoms with E-state index in [1.54, 1.807) is 0 Å². The Balaban J connectivity index is 2.51. The summed E-state index contributed by atoms with van der Waals surface area (Å²) < 4.78 is 0. The van der Waals surface area contributed by atoms with Gasteiger partial charge in [0.2, 0.25) is 0 Å². The topological polar surface area (TPSA) is 89.4 Å². The van der Waals surface area contributed by atoms with Gasteiger partial charge < -0.3 is 11.5 Å². The summed E-state index contributed by atoms with van der Waals surface area (Å²) in [6.45, 7) is 0. The van der Waals surface area contributed by atoms with Crippen molar-refractivity contribution in [1.82, 2.24) is 4.90 Å². The van der Waals surface area contributed by atoms with Gasteiger partial charge in [-0.25, -0.2) is 0 Å². The number of carbonyl (C=O) groups is 2. The SMILES string of the molecule is CN1C(=O)[C@]2(N)CCCC[C@]2(N)C1=O. The maximum absolute atomic E-state index is 11.8. The lowest BCUT2D eigenvalue weighted by molar-refractivity contribution is -0.138. The Labute approximate surface area is 82.4 Å². The molecule has 0 unspecified atom stereocenters. The number of imide groups is 1. The zero-order valence-electron chi connectivity index (χ0n) is 8.25. The van der Waals surface area contributed by atoms with Gasteiger partial charge in [0.05, 0.1) is 0 Å². The summed E-state index contributed by atoms with van der Waals surface area (Å²) in [4.78, 5) is 24.6. The third kappa shape index (κ3) is 0.815. The molecule has 0 aromatic rings. The second-order valence-corrected chi connectivity index (χ2v) is 4.32. The minimum absolute atomic E-state index is 0.329. The van der Waals surface area contributed by atoms with Crippen molar-refractivity contribution in [2.45, 2.75) is 36.8 Å². The molecule has 2 amide bonds. The van der Waals surface area contributed by atoms with Crippen LogP contribution in [0.5, 0.6) is 0 Å². The lowest BCUT2D eigenvalue weighted by Gasteiger charge is -2.39. The number of likely N-dealkylation sites (N-methyl/N-ethyl adjacent to an activating group) is 1. The molecule has 2 atom stereocenters. The van der Waals surface area contributed by atoms with Crippen LogP contribution in [0.25, 0.3) is 0 Å². The van der Waals surface area contributed by atoms with Gasteiger partial charge in [-0.15, -0.1) is 0 Å². The van der Waals surface area contributed by atoms with E-state index in [2.05, 4.69) is 0 Å². The summed E-state index contributed by atoms with van der Waals surface area (Å²) in [5.41, 5.74) is 9.66. The molecule has 78 valence electrons. The van der Waals surface area contributed by atoms with Gasteiger partial charge in [-0.2, -0.15) is 0 Å². The highest BCUT2D eigenvalue weighted by molar-refractivity contribution is 6.14. The van der Waals surface area contributed by atoms with E-state index in [4.69, 9.17) is 11.5 Å². The fraction of sp³-hybridized carbons (Fsp3) is 0.778. The number of nitrogens with zero attached hydrogens (tertiary/aromatic N) is 1. The predicted molar refractivity (Wildman–Crippen MR) is 50.1 cm³/mol. The first-order valence-electron chi connectivity index (χ1n) is 4.84. The predicted octanol–water partition coefficient (Wildman–Crippen LogP) is -1.05. The molecular weight excluding hydrogens is 182 g/mol. The molecule has 1 aliphatic carbocycles. The lowest BCUT2D eigenvalue weighted by Crippen LogP contribution is -2.69. The molecule has 5 heteroatoms. The summed E-state index contributed by atoms with van der Waals surface area (Å²) >= 11 is 0. The van der Waals surface area contributed by atoms with E-state index in [9.17, 15) is 9.59 Å². The molecule has 0 aromatic carbocycles. The van der Waals surface area contributed by atoms with Crippen LogP contribution in [0.3, 0.4) is 0 Å². The zero-order valence-corrected chi connectivity index (χ0v) is 8.25. The van der Waals surface area contributed by atoms with E-state index in [-0.39, 0.29) is 11.8 Å². The number of fused-ring (bicyclic) bond motifs is 1. The van der Waals surface area contributed by atoms with Gasteiger partial charge in [-0.3, -0.25) is 14.5 Å². The van der Waals surface area contributed by atoms with Crippen LogP contribution in [0.1, 0.15) is 25.7 Å². The molecule has 2 aliphatic rings. The van der Waals surface area contributed by atoms with Crippen molar-refractivity contribution in [2.24, 2.45) is 11.5 Å². The Morgan fingerprint density at radius 1 is 1.07 bits per heavy atom. The highest BCUT2D eigenvalue weighted by Gasteiger charge is 2.65. The molecular formula is C9H15N3O2. The van der Waals surface area contributed by atoms with Gasteiger partial charge in [0, 0.05) is 7.05 Å². The summed E-state index contributed by atoms with van der Waals surface area (Å²) in [5.74, 6) is -0.658. The van der Waals surface area contributed by atoms with Crippen LogP contribution >= 0.6 is 0 Å². The molecule has 1 saturated carbocycles. The fourth-order valence-electron chi connectivity index (χ4n) is 2.54. The van der Waals surface area contributed by atoms with Gasteiger partial charge in [0.15, 0.2) is 0 Å². The molecule has 1 aliphatic heterocycles. The van der Waals surface area contributed by atoms with Crippen LogP contribution in [0, 0.1) is 0 Å². The van der Waals surface area contributed by atoms with Crippen molar-refractivity contribution in [3.05, 3.63) is 0 Å². The smallest absolute Gasteiger partial charge is 0.251 e. The summed E-state index contributed by atoms with van der Waals surface area (Å²) in [6, 6.07) is 0. The molecule has 2 fully saturated rings. The van der Waals surface area contributed by atoms with Crippen LogP contribution in [0.2, 0.25) is 0 Å². The van der Waals surface area contributed by atoms with Gasteiger partial charge in [-0.1, -0.05) is 12.8 Å². The fourth-order valence-corrected chi connectivity index (χ4v) is 2.54. The second-order valence-electron chi connectivity index (χ2n) is 4.32. The second kappa shape index (κ2) is 2.55. The lowest BCUT2D eigenvalue weighted by atomic mass is 9.69. The molecule has 0 aromatic heterocycles. The summed E-state index contributed by atoms with van der Waals surface area (Å²) in [7, 11) is 1.45. The van der Waals surface area contributed by atoms with Crippen molar-refractivity contribution >= 4 is 11.8 Å². The molecule has 2 rings (SSSR count).